The second kappa shape index (κ2) is 8.88. The van der Waals surface area contributed by atoms with E-state index in [1.165, 1.54) is 41.6 Å². The van der Waals surface area contributed by atoms with Gasteiger partial charge in [0.25, 0.3) is 0 Å². The van der Waals surface area contributed by atoms with Crippen molar-refractivity contribution in [3.8, 4) is 5.75 Å². The highest BCUT2D eigenvalue weighted by Crippen LogP contribution is 2.22. The molecule has 3 rings (SSSR count). The smallest absolute Gasteiger partial charge is 0.234 e. The molecule has 1 aromatic heterocycles. The molecule has 0 saturated carbocycles. The van der Waals surface area contributed by atoms with Crippen molar-refractivity contribution in [1.82, 2.24) is 14.8 Å². The first kappa shape index (κ1) is 19.9. The van der Waals surface area contributed by atoms with E-state index in [9.17, 15) is 9.18 Å². The number of thioether (sulfide) groups is 1. The number of ether oxygens (including phenoxy) is 1. The van der Waals surface area contributed by atoms with Gasteiger partial charge >= 0.3 is 0 Å². The van der Waals surface area contributed by atoms with Gasteiger partial charge in [-0.15, -0.1) is 10.2 Å². The van der Waals surface area contributed by atoms with Crippen molar-refractivity contribution in [2.45, 2.75) is 25.6 Å². The molecule has 0 aliphatic rings. The number of halogens is 1. The van der Waals surface area contributed by atoms with E-state index in [1.807, 2.05) is 39.1 Å². The fourth-order valence-electron chi connectivity index (χ4n) is 2.48. The van der Waals surface area contributed by atoms with Crippen LogP contribution in [0.5, 0.6) is 5.75 Å². The lowest BCUT2D eigenvalue weighted by atomic mass is 10.1. The molecule has 1 heterocycles. The Labute approximate surface area is 167 Å². The number of benzene rings is 2. The van der Waals surface area contributed by atoms with E-state index in [0.717, 1.165) is 11.3 Å². The Balaban J connectivity index is 1.54. The maximum atomic E-state index is 12.9. The van der Waals surface area contributed by atoms with Crippen molar-refractivity contribution < 1.29 is 13.9 Å². The fraction of sp³-hybridized carbons (Fsp3) is 0.250. The van der Waals surface area contributed by atoms with Crippen molar-refractivity contribution >= 4 is 23.4 Å². The third kappa shape index (κ3) is 4.89. The monoisotopic (exact) mass is 400 g/mol. The van der Waals surface area contributed by atoms with Gasteiger partial charge in [0, 0.05) is 12.7 Å². The SMILES string of the molecule is Cc1cccc(OCc2nnc(SCC(=O)Nc3ccc(F)cc3)n2C)c1C. The number of nitrogens with zero attached hydrogens (tertiary/aromatic N) is 3. The fourth-order valence-corrected chi connectivity index (χ4v) is 3.21. The Morgan fingerprint density at radius 2 is 1.93 bits per heavy atom. The highest BCUT2D eigenvalue weighted by Gasteiger charge is 2.13. The first-order valence-corrected chi connectivity index (χ1v) is 9.68. The van der Waals surface area contributed by atoms with E-state index in [0.29, 0.717) is 16.7 Å². The average Bonchev–Trinajstić information content (AvgIpc) is 3.03. The number of hydrogen-bond acceptors (Lipinski definition) is 5. The van der Waals surface area contributed by atoms with Gasteiger partial charge in [-0.2, -0.15) is 0 Å². The van der Waals surface area contributed by atoms with Crippen LogP contribution >= 0.6 is 11.8 Å². The molecule has 0 unspecified atom stereocenters. The zero-order chi connectivity index (χ0) is 20.1. The summed E-state index contributed by atoms with van der Waals surface area (Å²) < 4.78 is 20.6. The summed E-state index contributed by atoms with van der Waals surface area (Å²) >= 11 is 1.27. The number of amides is 1. The topological polar surface area (TPSA) is 69.0 Å². The van der Waals surface area contributed by atoms with Gasteiger partial charge < -0.3 is 14.6 Å². The van der Waals surface area contributed by atoms with Gasteiger partial charge in [-0.1, -0.05) is 23.9 Å². The van der Waals surface area contributed by atoms with Gasteiger partial charge in [0.2, 0.25) is 5.91 Å². The third-order valence-electron chi connectivity index (χ3n) is 4.30. The molecular formula is C20H21FN4O2S. The quantitative estimate of drug-likeness (QED) is 0.610. The number of carbonyl (C=O) groups excluding carboxylic acids is 1. The molecule has 1 N–H and O–H groups in total. The van der Waals surface area contributed by atoms with E-state index in [-0.39, 0.29) is 24.1 Å². The third-order valence-corrected chi connectivity index (χ3v) is 5.32. The highest BCUT2D eigenvalue weighted by molar-refractivity contribution is 7.99. The molecule has 0 spiro atoms. The summed E-state index contributed by atoms with van der Waals surface area (Å²) in [6.45, 7) is 4.34. The predicted octanol–water partition coefficient (Wildman–Crippen LogP) is 3.88. The zero-order valence-corrected chi connectivity index (χ0v) is 16.7. The normalized spacial score (nSPS) is 10.7. The second-order valence-corrected chi connectivity index (χ2v) is 7.23. The Morgan fingerprint density at radius 1 is 1.18 bits per heavy atom. The molecule has 0 fully saturated rings. The van der Waals surface area contributed by atoms with Crippen LogP contribution in [-0.4, -0.2) is 26.4 Å². The number of aromatic nitrogens is 3. The van der Waals surface area contributed by atoms with Crippen molar-refractivity contribution in [3.05, 3.63) is 65.2 Å². The number of anilines is 1. The van der Waals surface area contributed by atoms with Crippen molar-refractivity contribution in [2.75, 3.05) is 11.1 Å². The predicted molar refractivity (Wildman–Crippen MR) is 107 cm³/mol. The van der Waals surface area contributed by atoms with E-state index in [2.05, 4.69) is 15.5 Å². The lowest BCUT2D eigenvalue weighted by molar-refractivity contribution is -0.113. The summed E-state index contributed by atoms with van der Waals surface area (Å²) in [5, 5.41) is 11.6. The number of nitrogens with one attached hydrogen (secondary N) is 1. The maximum Gasteiger partial charge on any atom is 0.234 e. The molecule has 3 aromatic rings. The Hall–Kier alpha value is -2.87. The van der Waals surface area contributed by atoms with E-state index >= 15 is 0 Å². The Kier molecular flexibility index (Phi) is 6.30. The first-order valence-electron chi connectivity index (χ1n) is 8.69. The van der Waals surface area contributed by atoms with Crippen LogP contribution in [-0.2, 0) is 18.4 Å². The molecule has 0 radical (unpaired) electrons. The summed E-state index contributed by atoms with van der Waals surface area (Å²) in [5.74, 6) is 1.11. The van der Waals surface area contributed by atoms with Crippen LogP contribution < -0.4 is 10.1 Å². The van der Waals surface area contributed by atoms with Crippen LogP contribution in [0.3, 0.4) is 0 Å². The lowest BCUT2D eigenvalue weighted by Crippen LogP contribution is -2.14. The van der Waals surface area contributed by atoms with Crippen LogP contribution in [0.4, 0.5) is 10.1 Å². The molecule has 6 nitrogen and oxygen atoms in total. The van der Waals surface area contributed by atoms with Crippen LogP contribution in [0.2, 0.25) is 0 Å². The van der Waals surface area contributed by atoms with E-state index in [1.54, 1.807) is 4.57 Å². The zero-order valence-electron chi connectivity index (χ0n) is 15.9. The molecule has 2 aromatic carbocycles. The lowest BCUT2D eigenvalue weighted by Gasteiger charge is -2.10. The van der Waals surface area contributed by atoms with Crippen molar-refractivity contribution in [2.24, 2.45) is 7.05 Å². The number of aryl methyl sites for hydroxylation is 1. The number of carbonyl (C=O) groups is 1. The van der Waals surface area contributed by atoms with Crippen LogP contribution in [0.25, 0.3) is 0 Å². The van der Waals surface area contributed by atoms with Gasteiger partial charge in [-0.25, -0.2) is 4.39 Å². The maximum absolute atomic E-state index is 12.9. The molecular weight excluding hydrogens is 379 g/mol. The minimum Gasteiger partial charge on any atom is -0.485 e. The summed E-state index contributed by atoms with van der Waals surface area (Å²) in [7, 11) is 1.84. The van der Waals surface area contributed by atoms with Gasteiger partial charge in [0.05, 0.1) is 5.75 Å². The molecule has 0 aliphatic heterocycles. The molecule has 28 heavy (non-hydrogen) atoms. The number of rotatable bonds is 7. The molecule has 0 atom stereocenters. The summed E-state index contributed by atoms with van der Waals surface area (Å²) in [6, 6.07) is 11.5. The molecule has 0 aliphatic carbocycles. The molecule has 0 bridgehead atoms. The van der Waals surface area contributed by atoms with Gasteiger partial charge in [-0.05, 0) is 55.3 Å². The standard InChI is InChI=1S/C20H21FN4O2S/c1-13-5-4-6-17(14(13)2)27-11-18-23-24-20(25(18)3)28-12-19(26)22-16-9-7-15(21)8-10-16/h4-10H,11-12H2,1-3H3,(H,22,26). The largest absolute Gasteiger partial charge is 0.485 e. The van der Waals surface area contributed by atoms with Crippen LogP contribution in [0, 0.1) is 19.7 Å². The molecule has 0 saturated heterocycles. The molecule has 1 amide bonds. The van der Waals surface area contributed by atoms with Crippen LogP contribution in [0.15, 0.2) is 47.6 Å². The average molecular weight is 400 g/mol. The van der Waals surface area contributed by atoms with Crippen molar-refractivity contribution in [3.63, 3.8) is 0 Å². The minimum atomic E-state index is -0.345. The van der Waals surface area contributed by atoms with Gasteiger partial charge in [-0.3, -0.25) is 4.79 Å². The summed E-state index contributed by atoms with van der Waals surface area (Å²) in [5.41, 5.74) is 2.81. The van der Waals surface area contributed by atoms with Crippen molar-refractivity contribution in [1.29, 1.82) is 0 Å². The Bertz CT molecular complexity index is 973. The highest BCUT2D eigenvalue weighted by atomic mass is 32.2. The van der Waals surface area contributed by atoms with Crippen LogP contribution in [0.1, 0.15) is 17.0 Å². The first-order chi connectivity index (χ1) is 13.4. The summed E-state index contributed by atoms with van der Waals surface area (Å²) in [4.78, 5) is 12.1. The number of hydrogen-bond donors (Lipinski definition) is 1. The van der Waals surface area contributed by atoms with Gasteiger partial charge in [0.15, 0.2) is 11.0 Å². The van der Waals surface area contributed by atoms with E-state index < -0.39 is 0 Å². The van der Waals surface area contributed by atoms with E-state index in [4.69, 9.17) is 4.74 Å². The molecule has 146 valence electrons. The summed E-state index contributed by atoms with van der Waals surface area (Å²) in [6.07, 6.45) is 0. The second-order valence-electron chi connectivity index (χ2n) is 6.29. The van der Waals surface area contributed by atoms with Gasteiger partial charge in [0.1, 0.15) is 18.2 Å². The molecule has 8 heteroatoms. The Morgan fingerprint density at radius 3 is 2.68 bits per heavy atom. The minimum absolute atomic E-state index is 0.168.